The molecular formula is C19H19FN6O. The van der Waals surface area contributed by atoms with Crippen LogP contribution in [0.4, 0.5) is 16.0 Å². The molecule has 2 aromatic heterocycles. The summed E-state index contributed by atoms with van der Waals surface area (Å²) in [6.45, 7) is 1.57. The quantitative estimate of drug-likeness (QED) is 0.759. The zero-order valence-corrected chi connectivity index (χ0v) is 14.6. The molecule has 27 heavy (non-hydrogen) atoms. The number of nitrogens with zero attached hydrogens (tertiary/aromatic N) is 5. The van der Waals surface area contributed by atoms with Gasteiger partial charge in [-0.1, -0.05) is 30.3 Å². The van der Waals surface area contributed by atoms with Crippen molar-refractivity contribution in [1.29, 1.82) is 0 Å². The summed E-state index contributed by atoms with van der Waals surface area (Å²) >= 11 is 0. The van der Waals surface area contributed by atoms with Crippen LogP contribution in [0.3, 0.4) is 0 Å². The Labute approximate surface area is 156 Å². The molecule has 0 atom stereocenters. The van der Waals surface area contributed by atoms with Crippen molar-refractivity contribution in [3.05, 3.63) is 54.7 Å². The molecule has 8 heteroatoms. The maximum Gasteiger partial charge on any atom is 0.318 e. The molecule has 1 saturated heterocycles. The second-order valence-electron chi connectivity index (χ2n) is 6.32. The number of aromatic nitrogens is 4. The third kappa shape index (κ3) is 3.94. The Hall–Kier alpha value is -3.29. The minimum Gasteiger partial charge on any atom is -0.460 e. The number of halogens is 1. The van der Waals surface area contributed by atoms with Crippen LogP contribution in [0.1, 0.15) is 12.8 Å². The third-order valence-electron chi connectivity index (χ3n) is 4.51. The van der Waals surface area contributed by atoms with Crippen LogP contribution in [0.15, 0.2) is 48.9 Å². The first-order valence-electron chi connectivity index (χ1n) is 8.76. The maximum absolute atomic E-state index is 13.1. The zero-order chi connectivity index (χ0) is 18.6. The predicted octanol–water partition coefficient (Wildman–Crippen LogP) is 2.70. The highest BCUT2D eigenvalue weighted by molar-refractivity contribution is 5.62. The molecule has 0 radical (unpaired) electrons. The standard InChI is InChI=1S/C19H19FN6O/c20-15-11-22-19(25-18(15)21)27-14-6-8-26(9-7-14)17-10-16(23-12-24-17)13-4-2-1-3-5-13/h1-5,10-12,14H,6-9H2,(H2,21,22,25). The Bertz CT molecular complexity index is 915. The number of rotatable bonds is 4. The van der Waals surface area contributed by atoms with E-state index in [1.54, 1.807) is 6.33 Å². The van der Waals surface area contributed by atoms with Crippen LogP contribution in [-0.4, -0.2) is 39.1 Å². The second-order valence-corrected chi connectivity index (χ2v) is 6.32. The van der Waals surface area contributed by atoms with E-state index in [4.69, 9.17) is 10.5 Å². The van der Waals surface area contributed by atoms with Gasteiger partial charge in [-0.05, 0) is 0 Å². The molecule has 138 valence electrons. The van der Waals surface area contributed by atoms with Crippen molar-refractivity contribution in [2.75, 3.05) is 23.7 Å². The van der Waals surface area contributed by atoms with Crippen LogP contribution in [0, 0.1) is 5.82 Å². The van der Waals surface area contributed by atoms with Crippen LogP contribution < -0.4 is 15.4 Å². The first kappa shape index (κ1) is 17.1. The molecule has 1 fully saturated rings. The van der Waals surface area contributed by atoms with Crippen molar-refractivity contribution in [3.63, 3.8) is 0 Å². The predicted molar refractivity (Wildman–Crippen MR) is 99.7 cm³/mol. The zero-order valence-electron chi connectivity index (χ0n) is 14.6. The molecule has 3 aromatic rings. The van der Waals surface area contributed by atoms with E-state index >= 15 is 0 Å². The molecule has 4 rings (SSSR count). The van der Waals surface area contributed by atoms with Crippen molar-refractivity contribution in [1.82, 2.24) is 19.9 Å². The van der Waals surface area contributed by atoms with Gasteiger partial charge in [-0.25, -0.2) is 19.3 Å². The Kier molecular flexibility index (Phi) is 4.78. The van der Waals surface area contributed by atoms with E-state index in [1.165, 1.54) is 0 Å². The smallest absolute Gasteiger partial charge is 0.318 e. The summed E-state index contributed by atoms with van der Waals surface area (Å²) < 4.78 is 18.9. The fraction of sp³-hybridized carbons (Fsp3) is 0.263. The molecule has 1 aromatic carbocycles. The maximum atomic E-state index is 13.1. The van der Waals surface area contributed by atoms with Crippen LogP contribution in [0.5, 0.6) is 6.01 Å². The fourth-order valence-electron chi connectivity index (χ4n) is 3.06. The second kappa shape index (κ2) is 7.53. The molecule has 0 bridgehead atoms. The van der Waals surface area contributed by atoms with E-state index in [0.717, 1.165) is 49.2 Å². The van der Waals surface area contributed by atoms with Gasteiger partial charge in [0.05, 0.1) is 11.9 Å². The SMILES string of the molecule is Nc1nc(OC2CCN(c3cc(-c4ccccc4)ncn3)CC2)ncc1F. The first-order chi connectivity index (χ1) is 13.2. The van der Waals surface area contributed by atoms with Crippen molar-refractivity contribution in [3.8, 4) is 17.3 Å². The van der Waals surface area contributed by atoms with E-state index < -0.39 is 5.82 Å². The fourth-order valence-corrected chi connectivity index (χ4v) is 3.06. The summed E-state index contributed by atoms with van der Waals surface area (Å²) in [5.41, 5.74) is 7.42. The highest BCUT2D eigenvalue weighted by Gasteiger charge is 2.23. The minimum absolute atomic E-state index is 0.0402. The molecule has 0 spiro atoms. The van der Waals surface area contributed by atoms with Crippen molar-refractivity contribution >= 4 is 11.6 Å². The molecule has 1 aliphatic rings. The van der Waals surface area contributed by atoms with Crippen LogP contribution >= 0.6 is 0 Å². The lowest BCUT2D eigenvalue weighted by Gasteiger charge is -2.32. The molecule has 0 saturated carbocycles. The normalized spacial score (nSPS) is 14.9. The van der Waals surface area contributed by atoms with Gasteiger partial charge in [-0.15, -0.1) is 0 Å². The van der Waals surface area contributed by atoms with E-state index in [-0.39, 0.29) is 17.9 Å². The average molecular weight is 366 g/mol. The van der Waals surface area contributed by atoms with Crippen LogP contribution in [0.2, 0.25) is 0 Å². The summed E-state index contributed by atoms with van der Waals surface area (Å²) in [6, 6.07) is 12.1. The summed E-state index contributed by atoms with van der Waals surface area (Å²) in [4.78, 5) is 18.6. The van der Waals surface area contributed by atoms with E-state index in [2.05, 4.69) is 24.8 Å². The number of piperidine rings is 1. The number of hydrogen-bond acceptors (Lipinski definition) is 7. The number of anilines is 2. The van der Waals surface area contributed by atoms with Gasteiger partial charge in [-0.3, -0.25) is 0 Å². The molecule has 1 aliphatic heterocycles. The number of benzene rings is 1. The van der Waals surface area contributed by atoms with E-state index in [0.29, 0.717) is 0 Å². The molecule has 7 nitrogen and oxygen atoms in total. The first-order valence-corrected chi connectivity index (χ1v) is 8.76. The molecule has 0 amide bonds. The van der Waals surface area contributed by atoms with Gasteiger partial charge in [0.1, 0.15) is 18.2 Å². The topological polar surface area (TPSA) is 90.1 Å². The number of ether oxygens (including phenoxy) is 1. The summed E-state index contributed by atoms with van der Waals surface area (Å²) in [6.07, 6.45) is 4.15. The molecule has 0 unspecified atom stereocenters. The van der Waals surface area contributed by atoms with Crippen molar-refractivity contribution in [2.24, 2.45) is 0 Å². The highest BCUT2D eigenvalue weighted by atomic mass is 19.1. The van der Waals surface area contributed by atoms with E-state index in [9.17, 15) is 4.39 Å². The molecule has 2 N–H and O–H groups in total. The Morgan fingerprint density at radius 3 is 2.59 bits per heavy atom. The average Bonchev–Trinajstić information content (AvgIpc) is 2.72. The van der Waals surface area contributed by atoms with Crippen LogP contribution in [-0.2, 0) is 0 Å². The lowest BCUT2D eigenvalue weighted by molar-refractivity contribution is 0.156. The third-order valence-corrected chi connectivity index (χ3v) is 4.51. The minimum atomic E-state index is -0.643. The summed E-state index contributed by atoms with van der Waals surface area (Å²) in [7, 11) is 0. The Balaban J connectivity index is 1.40. The van der Waals surface area contributed by atoms with Gasteiger partial charge in [0.2, 0.25) is 0 Å². The molecule has 3 heterocycles. The largest absolute Gasteiger partial charge is 0.460 e. The molecular weight excluding hydrogens is 347 g/mol. The van der Waals surface area contributed by atoms with Gasteiger partial charge in [0.25, 0.3) is 0 Å². The van der Waals surface area contributed by atoms with Gasteiger partial charge in [0, 0.05) is 37.6 Å². The summed E-state index contributed by atoms with van der Waals surface area (Å²) in [5, 5.41) is 0. The lowest BCUT2D eigenvalue weighted by Crippen LogP contribution is -2.39. The van der Waals surface area contributed by atoms with Crippen molar-refractivity contribution < 1.29 is 9.13 Å². The number of hydrogen-bond donors (Lipinski definition) is 1. The lowest BCUT2D eigenvalue weighted by atomic mass is 10.1. The van der Waals surface area contributed by atoms with Gasteiger partial charge >= 0.3 is 6.01 Å². The van der Waals surface area contributed by atoms with Crippen LogP contribution in [0.25, 0.3) is 11.3 Å². The Morgan fingerprint density at radius 2 is 1.85 bits per heavy atom. The summed E-state index contributed by atoms with van der Waals surface area (Å²) in [5.74, 6) is 0.0478. The highest BCUT2D eigenvalue weighted by Crippen LogP contribution is 2.24. The Morgan fingerprint density at radius 1 is 1.07 bits per heavy atom. The molecule has 0 aliphatic carbocycles. The van der Waals surface area contributed by atoms with E-state index in [1.807, 2.05) is 36.4 Å². The van der Waals surface area contributed by atoms with Gasteiger partial charge in [-0.2, -0.15) is 4.98 Å². The monoisotopic (exact) mass is 366 g/mol. The van der Waals surface area contributed by atoms with Gasteiger partial charge < -0.3 is 15.4 Å². The number of nitrogen functional groups attached to an aromatic ring is 1. The number of nitrogens with two attached hydrogens (primary N) is 1. The van der Waals surface area contributed by atoms with Gasteiger partial charge in [0.15, 0.2) is 11.6 Å². The van der Waals surface area contributed by atoms with Crippen molar-refractivity contribution in [2.45, 2.75) is 18.9 Å².